The van der Waals surface area contributed by atoms with Gasteiger partial charge < -0.3 is 4.90 Å². The number of allylic oxidation sites excluding steroid dienone is 9. The van der Waals surface area contributed by atoms with Gasteiger partial charge in [-0.2, -0.15) is 0 Å². The molecule has 1 nitrogen and oxygen atoms in total. The molecule has 0 saturated carbocycles. The van der Waals surface area contributed by atoms with E-state index in [9.17, 15) is 0 Å². The molecule has 21 heavy (non-hydrogen) atoms. The molecule has 0 radical (unpaired) electrons. The summed E-state index contributed by atoms with van der Waals surface area (Å²) in [6.45, 7) is 8.97. The van der Waals surface area contributed by atoms with Crippen molar-refractivity contribution in [2.45, 2.75) is 46.6 Å². The van der Waals surface area contributed by atoms with Gasteiger partial charge in [-0.15, -0.1) is 0 Å². The van der Waals surface area contributed by atoms with Crippen LogP contribution in [-0.2, 0) is 0 Å². The minimum atomic E-state index is 0.394. The van der Waals surface area contributed by atoms with Crippen LogP contribution in [0.1, 0.15) is 40.5 Å². The zero-order chi connectivity index (χ0) is 15.2. The van der Waals surface area contributed by atoms with Gasteiger partial charge in [0, 0.05) is 17.8 Å². The Morgan fingerprint density at radius 3 is 2.81 bits per heavy atom. The quantitative estimate of drug-likeness (QED) is 0.613. The Morgan fingerprint density at radius 2 is 2.14 bits per heavy atom. The SMILES string of the molecule is CC/C=C(\C)C(C)N1C=CC=CC(C)=C1C1C=CC=CC1. The first kappa shape index (κ1) is 15.6. The molecule has 1 aliphatic heterocycles. The van der Waals surface area contributed by atoms with E-state index in [1.807, 2.05) is 0 Å². The van der Waals surface area contributed by atoms with Gasteiger partial charge in [-0.1, -0.05) is 55.0 Å². The van der Waals surface area contributed by atoms with Gasteiger partial charge in [0.15, 0.2) is 0 Å². The summed E-state index contributed by atoms with van der Waals surface area (Å²) in [5.74, 6) is 0.472. The third kappa shape index (κ3) is 3.66. The van der Waals surface area contributed by atoms with E-state index >= 15 is 0 Å². The molecule has 2 unspecified atom stereocenters. The molecule has 112 valence electrons. The number of hydrogen-bond donors (Lipinski definition) is 0. The lowest BCUT2D eigenvalue weighted by Gasteiger charge is -2.35. The lowest BCUT2D eigenvalue weighted by atomic mass is 9.92. The molecule has 0 aromatic rings. The molecule has 0 aromatic carbocycles. The smallest absolute Gasteiger partial charge is 0.0512 e. The average Bonchev–Trinajstić information content (AvgIpc) is 2.69. The lowest BCUT2D eigenvalue weighted by Crippen LogP contribution is -2.32. The second-order valence-corrected chi connectivity index (χ2v) is 5.86. The summed E-state index contributed by atoms with van der Waals surface area (Å²) in [6.07, 6.45) is 22.2. The molecule has 0 aromatic heterocycles. The Bertz CT molecular complexity index is 540. The summed E-state index contributed by atoms with van der Waals surface area (Å²) in [5.41, 5.74) is 4.22. The normalized spacial score (nSPS) is 23.7. The highest BCUT2D eigenvalue weighted by atomic mass is 15.2. The van der Waals surface area contributed by atoms with Crippen LogP contribution in [0.3, 0.4) is 0 Å². The fraction of sp³-hybridized carbons (Fsp3) is 0.400. The van der Waals surface area contributed by atoms with Crippen LogP contribution in [0.5, 0.6) is 0 Å². The van der Waals surface area contributed by atoms with E-state index in [-0.39, 0.29) is 0 Å². The average molecular weight is 281 g/mol. The maximum absolute atomic E-state index is 2.45. The molecule has 0 bridgehead atoms. The van der Waals surface area contributed by atoms with Crippen molar-refractivity contribution in [1.29, 1.82) is 0 Å². The second kappa shape index (κ2) is 7.31. The first-order valence-corrected chi connectivity index (χ1v) is 7.99. The molecule has 0 spiro atoms. The van der Waals surface area contributed by atoms with Gasteiger partial charge in [0.1, 0.15) is 0 Å². The topological polar surface area (TPSA) is 3.24 Å². The van der Waals surface area contributed by atoms with Gasteiger partial charge in [-0.3, -0.25) is 0 Å². The minimum absolute atomic E-state index is 0.394. The van der Waals surface area contributed by atoms with E-state index < -0.39 is 0 Å². The van der Waals surface area contributed by atoms with Crippen molar-refractivity contribution in [2.75, 3.05) is 0 Å². The van der Waals surface area contributed by atoms with Crippen molar-refractivity contribution in [1.82, 2.24) is 4.90 Å². The first-order chi connectivity index (χ1) is 10.1. The van der Waals surface area contributed by atoms with Gasteiger partial charge in [0.2, 0.25) is 0 Å². The largest absolute Gasteiger partial charge is 0.344 e. The van der Waals surface area contributed by atoms with Crippen LogP contribution in [0.4, 0.5) is 0 Å². The Hall–Kier alpha value is -1.76. The monoisotopic (exact) mass is 281 g/mol. The molecule has 1 heteroatoms. The summed E-state index contributed by atoms with van der Waals surface area (Å²) in [5, 5.41) is 0. The van der Waals surface area contributed by atoms with Crippen molar-refractivity contribution in [3.05, 3.63) is 71.7 Å². The van der Waals surface area contributed by atoms with E-state index in [2.05, 4.69) is 87.4 Å². The van der Waals surface area contributed by atoms with Crippen LogP contribution in [0.2, 0.25) is 0 Å². The second-order valence-electron chi connectivity index (χ2n) is 5.86. The molecule has 2 rings (SSSR count). The Labute approximate surface area is 129 Å². The first-order valence-electron chi connectivity index (χ1n) is 7.99. The fourth-order valence-electron chi connectivity index (χ4n) is 3.03. The van der Waals surface area contributed by atoms with Crippen molar-refractivity contribution >= 4 is 0 Å². The zero-order valence-electron chi connectivity index (χ0n) is 13.7. The molecule has 1 heterocycles. The number of rotatable bonds is 4. The maximum Gasteiger partial charge on any atom is 0.0512 e. The predicted octanol–water partition coefficient (Wildman–Crippen LogP) is 5.52. The van der Waals surface area contributed by atoms with Crippen LogP contribution in [0.15, 0.2) is 71.7 Å². The van der Waals surface area contributed by atoms with E-state index in [4.69, 9.17) is 0 Å². The number of hydrogen-bond acceptors (Lipinski definition) is 1. The molecule has 0 saturated heterocycles. The Morgan fingerprint density at radius 1 is 1.33 bits per heavy atom. The predicted molar refractivity (Wildman–Crippen MR) is 92.7 cm³/mol. The molecule has 0 N–H and O–H groups in total. The molecule has 2 aliphatic rings. The molecule has 1 aliphatic carbocycles. The Kier molecular flexibility index (Phi) is 5.44. The van der Waals surface area contributed by atoms with Crippen LogP contribution in [-0.4, -0.2) is 10.9 Å². The standard InChI is InChI=1S/C20H27N/c1-5-11-16(2)18(4)21-15-10-9-12-17(3)20(21)19-13-7-6-8-14-19/h6-13,15,18-19H,5,14H2,1-4H3/b16-11+. The van der Waals surface area contributed by atoms with Gasteiger partial charge in [-0.25, -0.2) is 0 Å². The highest BCUT2D eigenvalue weighted by molar-refractivity contribution is 5.36. The summed E-state index contributed by atoms with van der Waals surface area (Å²) in [7, 11) is 0. The van der Waals surface area contributed by atoms with Gasteiger partial charge in [0.25, 0.3) is 0 Å². The summed E-state index contributed by atoms with van der Waals surface area (Å²) >= 11 is 0. The van der Waals surface area contributed by atoms with Crippen LogP contribution in [0.25, 0.3) is 0 Å². The van der Waals surface area contributed by atoms with Crippen molar-refractivity contribution in [3.8, 4) is 0 Å². The van der Waals surface area contributed by atoms with Gasteiger partial charge >= 0.3 is 0 Å². The van der Waals surface area contributed by atoms with E-state index in [0.717, 1.165) is 12.8 Å². The van der Waals surface area contributed by atoms with Crippen LogP contribution >= 0.6 is 0 Å². The van der Waals surface area contributed by atoms with Crippen molar-refractivity contribution in [2.24, 2.45) is 5.92 Å². The fourth-order valence-corrected chi connectivity index (χ4v) is 3.03. The van der Waals surface area contributed by atoms with Gasteiger partial charge in [0.05, 0.1) is 6.04 Å². The molecule has 0 amide bonds. The third-order valence-corrected chi connectivity index (χ3v) is 4.32. The summed E-state index contributed by atoms with van der Waals surface area (Å²) in [4.78, 5) is 2.45. The maximum atomic E-state index is 2.45. The molecular formula is C20H27N. The summed E-state index contributed by atoms with van der Waals surface area (Å²) in [6, 6.07) is 0.394. The molecule has 2 atom stereocenters. The Balaban J connectivity index is 2.37. The highest BCUT2D eigenvalue weighted by Crippen LogP contribution is 2.32. The highest BCUT2D eigenvalue weighted by Gasteiger charge is 2.24. The molecular weight excluding hydrogens is 254 g/mol. The van der Waals surface area contributed by atoms with E-state index in [0.29, 0.717) is 12.0 Å². The lowest BCUT2D eigenvalue weighted by molar-refractivity contribution is 0.362. The van der Waals surface area contributed by atoms with Crippen molar-refractivity contribution < 1.29 is 0 Å². The van der Waals surface area contributed by atoms with E-state index in [1.54, 1.807) is 0 Å². The van der Waals surface area contributed by atoms with Gasteiger partial charge in [-0.05, 0) is 45.3 Å². The van der Waals surface area contributed by atoms with Crippen LogP contribution in [0, 0.1) is 5.92 Å². The third-order valence-electron chi connectivity index (χ3n) is 4.32. The summed E-state index contributed by atoms with van der Waals surface area (Å²) < 4.78 is 0. The van der Waals surface area contributed by atoms with Crippen LogP contribution < -0.4 is 0 Å². The van der Waals surface area contributed by atoms with Crippen molar-refractivity contribution in [3.63, 3.8) is 0 Å². The van der Waals surface area contributed by atoms with E-state index in [1.165, 1.54) is 16.8 Å². The minimum Gasteiger partial charge on any atom is -0.344 e. The zero-order valence-corrected chi connectivity index (χ0v) is 13.7. The molecule has 0 fully saturated rings. The number of nitrogens with zero attached hydrogens (tertiary/aromatic N) is 1.